The number of ether oxygens (including phenoxy) is 3. The summed E-state index contributed by atoms with van der Waals surface area (Å²) in [6, 6.07) is 0. The summed E-state index contributed by atoms with van der Waals surface area (Å²) in [6.45, 7) is 11.7. The molecule has 3 heterocycles. The van der Waals surface area contributed by atoms with Crippen LogP contribution in [0.5, 0.6) is 0 Å². The first-order valence-corrected chi connectivity index (χ1v) is 10.9. The molecule has 164 valence electrons. The van der Waals surface area contributed by atoms with E-state index >= 15 is 0 Å². The van der Waals surface area contributed by atoms with Gasteiger partial charge in [-0.15, -0.1) is 0 Å². The molecule has 0 radical (unpaired) electrons. The number of aliphatic hydroxyl groups is 1. The Kier molecular flexibility index (Phi) is 5.02. The monoisotopic (exact) mass is 416 g/mol. The number of rotatable bonds is 1. The van der Waals surface area contributed by atoms with Gasteiger partial charge in [0, 0.05) is 12.0 Å². The van der Waals surface area contributed by atoms with E-state index in [2.05, 4.69) is 19.9 Å². The molecule has 0 aromatic heterocycles. The molecule has 0 unspecified atom stereocenters. The second-order valence-corrected chi connectivity index (χ2v) is 9.93. The van der Waals surface area contributed by atoms with E-state index in [1.54, 1.807) is 13.0 Å². The Morgan fingerprint density at radius 3 is 2.57 bits per heavy atom. The molecule has 4 aliphatic rings. The summed E-state index contributed by atoms with van der Waals surface area (Å²) in [6.07, 6.45) is 5.29. The largest absolute Gasteiger partial charge is 0.456 e. The van der Waals surface area contributed by atoms with E-state index in [-0.39, 0.29) is 23.7 Å². The summed E-state index contributed by atoms with van der Waals surface area (Å²) in [5.41, 5.74) is 2.35. The lowest BCUT2D eigenvalue weighted by atomic mass is 9.72. The summed E-state index contributed by atoms with van der Waals surface area (Å²) < 4.78 is 17.6. The van der Waals surface area contributed by atoms with Crippen molar-refractivity contribution in [3.05, 3.63) is 34.6 Å². The Morgan fingerprint density at radius 1 is 1.20 bits per heavy atom. The summed E-state index contributed by atoms with van der Waals surface area (Å²) >= 11 is 0. The van der Waals surface area contributed by atoms with Crippen LogP contribution in [0.15, 0.2) is 34.6 Å². The number of hydrogen-bond donors (Lipinski definition) is 1. The van der Waals surface area contributed by atoms with Crippen LogP contribution in [-0.2, 0) is 23.8 Å². The van der Waals surface area contributed by atoms with Crippen LogP contribution >= 0.6 is 0 Å². The average Bonchev–Trinajstić information content (AvgIpc) is 3.13. The lowest BCUT2D eigenvalue weighted by Crippen LogP contribution is -2.44. The molecule has 1 aliphatic carbocycles. The molecule has 0 aromatic rings. The Hall–Kier alpha value is -1.92. The second kappa shape index (κ2) is 7.06. The van der Waals surface area contributed by atoms with E-state index in [4.69, 9.17) is 14.2 Å². The van der Waals surface area contributed by atoms with Crippen LogP contribution in [0.2, 0.25) is 0 Å². The fourth-order valence-electron chi connectivity index (χ4n) is 5.63. The second-order valence-electron chi connectivity index (χ2n) is 9.93. The van der Waals surface area contributed by atoms with Gasteiger partial charge in [0.15, 0.2) is 5.79 Å². The molecule has 0 aromatic carbocycles. The Labute approximate surface area is 177 Å². The maximum Gasteiger partial charge on any atom is 0.331 e. The minimum absolute atomic E-state index is 0.0566. The summed E-state index contributed by atoms with van der Waals surface area (Å²) in [7, 11) is 0. The van der Waals surface area contributed by atoms with Gasteiger partial charge in [0.2, 0.25) is 0 Å². The van der Waals surface area contributed by atoms with Gasteiger partial charge in [-0.3, -0.25) is 4.79 Å². The first-order valence-electron chi connectivity index (χ1n) is 10.9. The molecule has 1 N–H and O–H groups in total. The molecule has 0 bridgehead atoms. The van der Waals surface area contributed by atoms with E-state index in [1.165, 1.54) is 0 Å². The van der Waals surface area contributed by atoms with Gasteiger partial charge >= 0.3 is 11.9 Å². The first kappa shape index (κ1) is 21.3. The van der Waals surface area contributed by atoms with E-state index in [9.17, 15) is 14.7 Å². The van der Waals surface area contributed by atoms with Crippen molar-refractivity contribution in [3.8, 4) is 0 Å². The highest BCUT2D eigenvalue weighted by Gasteiger charge is 2.62. The summed E-state index contributed by atoms with van der Waals surface area (Å²) in [5, 5.41) is 10.8. The lowest BCUT2D eigenvalue weighted by molar-refractivity contribution is -0.201. The van der Waals surface area contributed by atoms with Crippen LogP contribution < -0.4 is 0 Å². The van der Waals surface area contributed by atoms with Gasteiger partial charge in [0.05, 0.1) is 12.0 Å². The highest BCUT2D eigenvalue weighted by atomic mass is 16.6. The van der Waals surface area contributed by atoms with Crippen molar-refractivity contribution < 1.29 is 28.9 Å². The van der Waals surface area contributed by atoms with Crippen molar-refractivity contribution in [2.45, 2.75) is 78.3 Å². The Bertz CT molecular complexity index is 876. The topological polar surface area (TPSA) is 82.1 Å². The van der Waals surface area contributed by atoms with Gasteiger partial charge in [0.1, 0.15) is 17.3 Å². The van der Waals surface area contributed by atoms with Crippen molar-refractivity contribution in [3.63, 3.8) is 0 Å². The van der Waals surface area contributed by atoms with E-state index in [0.29, 0.717) is 25.0 Å². The molecule has 6 nitrogen and oxygen atoms in total. The van der Waals surface area contributed by atoms with Crippen molar-refractivity contribution in [2.24, 2.45) is 23.7 Å². The molecular weight excluding hydrogens is 384 g/mol. The molecule has 6 heteroatoms. The number of carbonyl (C=O) groups excluding carboxylic acids is 2. The number of allylic oxidation sites excluding steroid dienone is 2. The third kappa shape index (κ3) is 3.25. The number of fused-ring (bicyclic) bond motifs is 1. The normalized spacial score (nSPS) is 45.6. The highest BCUT2D eigenvalue weighted by Crippen LogP contribution is 2.52. The molecule has 30 heavy (non-hydrogen) atoms. The third-order valence-electron chi connectivity index (χ3n) is 7.36. The van der Waals surface area contributed by atoms with Crippen LogP contribution in [0, 0.1) is 23.7 Å². The van der Waals surface area contributed by atoms with Crippen molar-refractivity contribution in [1.29, 1.82) is 0 Å². The van der Waals surface area contributed by atoms with E-state index in [1.807, 2.05) is 20.8 Å². The minimum Gasteiger partial charge on any atom is -0.456 e. The SMILES string of the molecule is C/C1=C2/OC(=O)[C@H]3[C@@H]2[C@@H](O[C@@]3(C)O)/C(C)=C/C[C@@H]2C(C(C)C)=CC(=O)O[C@@]2(C)CC1. The van der Waals surface area contributed by atoms with Gasteiger partial charge in [-0.25, -0.2) is 4.79 Å². The van der Waals surface area contributed by atoms with Crippen LogP contribution in [0.4, 0.5) is 0 Å². The average molecular weight is 417 g/mol. The van der Waals surface area contributed by atoms with Gasteiger partial charge in [-0.2, -0.15) is 0 Å². The predicted molar refractivity (Wildman–Crippen MR) is 110 cm³/mol. The van der Waals surface area contributed by atoms with Crippen LogP contribution in [0.25, 0.3) is 0 Å². The van der Waals surface area contributed by atoms with Crippen LogP contribution in [-0.4, -0.2) is 34.5 Å². The standard InChI is InChI=1S/C24H32O6/c1-12(2)15-11-17(25)29-23(5)10-9-14(4)20-18-19(22(26)28-20)24(6,27)30-21(18)13(3)7-8-16(15)23/h7,11-12,16,18-19,21,27H,8-10H2,1-6H3/b13-7+,20-14-/t16-,18+,19-,21+,23+,24-/m1/s1. The molecule has 2 saturated heterocycles. The maximum atomic E-state index is 12.6. The molecule has 6 atom stereocenters. The summed E-state index contributed by atoms with van der Waals surface area (Å²) in [4.78, 5) is 25.0. The maximum absolute atomic E-state index is 12.6. The van der Waals surface area contributed by atoms with Crippen molar-refractivity contribution >= 4 is 11.9 Å². The molecule has 3 aliphatic heterocycles. The minimum atomic E-state index is -1.56. The Balaban J connectivity index is 1.81. The molecular formula is C24H32O6. The zero-order chi connectivity index (χ0) is 22.0. The van der Waals surface area contributed by atoms with Crippen molar-refractivity contribution in [1.82, 2.24) is 0 Å². The number of esters is 2. The van der Waals surface area contributed by atoms with Crippen LogP contribution in [0.3, 0.4) is 0 Å². The van der Waals surface area contributed by atoms with Gasteiger partial charge in [-0.1, -0.05) is 25.5 Å². The van der Waals surface area contributed by atoms with Crippen molar-refractivity contribution in [2.75, 3.05) is 0 Å². The molecule has 4 rings (SSSR count). The number of hydrogen-bond acceptors (Lipinski definition) is 6. The summed E-state index contributed by atoms with van der Waals surface area (Å²) in [5.74, 6) is -2.48. The quantitative estimate of drug-likeness (QED) is 0.517. The molecule has 0 saturated carbocycles. The molecule has 0 amide bonds. The predicted octanol–water partition coefficient (Wildman–Crippen LogP) is 3.80. The molecule has 2 fully saturated rings. The first-order chi connectivity index (χ1) is 13.9. The smallest absolute Gasteiger partial charge is 0.331 e. The third-order valence-corrected chi connectivity index (χ3v) is 7.36. The zero-order valence-electron chi connectivity index (χ0n) is 18.7. The fourth-order valence-corrected chi connectivity index (χ4v) is 5.63. The number of carbonyl (C=O) groups is 2. The zero-order valence-corrected chi connectivity index (χ0v) is 18.7. The van der Waals surface area contributed by atoms with E-state index < -0.39 is 29.4 Å². The Morgan fingerprint density at radius 2 is 1.90 bits per heavy atom. The van der Waals surface area contributed by atoms with Gasteiger partial charge in [-0.05, 0) is 64.0 Å². The fraction of sp³-hybridized carbons (Fsp3) is 0.667. The molecule has 0 spiro atoms. The van der Waals surface area contributed by atoms with Crippen LogP contribution in [0.1, 0.15) is 60.8 Å². The lowest BCUT2D eigenvalue weighted by Gasteiger charge is -2.42. The van der Waals surface area contributed by atoms with Gasteiger partial charge in [0.25, 0.3) is 0 Å². The highest BCUT2D eigenvalue weighted by molar-refractivity contribution is 5.84. The van der Waals surface area contributed by atoms with Gasteiger partial charge < -0.3 is 19.3 Å². The van der Waals surface area contributed by atoms with E-state index in [0.717, 1.165) is 16.7 Å².